The largest absolute Gasteiger partial charge is 0.338 e. The Balaban J connectivity index is 0.000000193. The van der Waals surface area contributed by atoms with Gasteiger partial charge in [0.1, 0.15) is 46.6 Å². The van der Waals surface area contributed by atoms with E-state index >= 15 is 0 Å². The number of rotatable bonds is 7. The lowest BCUT2D eigenvalue weighted by atomic mass is 9.86. The second-order valence-corrected chi connectivity index (χ2v) is 28.7. The van der Waals surface area contributed by atoms with Crippen LogP contribution < -0.4 is 0 Å². The molecule has 0 spiro atoms. The van der Waals surface area contributed by atoms with Crippen LogP contribution in [0.4, 0.5) is 0 Å². The van der Waals surface area contributed by atoms with E-state index in [1.165, 1.54) is 178 Å². The Hall–Kier alpha value is -6.32. The topological polar surface area (TPSA) is 143 Å². The van der Waals surface area contributed by atoms with E-state index in [2.05, 4.69) is 236 Å². The Bertz CT molecular complexity index is 3410. The predicted molar refractivity (Wildman–Crippen MR) is 388 cm³/mol. The van der Waals surface area contributed by atoms with Gasteiger partial charge in [0.25, 0.3) is 0 Å². The minimum absolute atomic E-state index is 0.529. The molecule has 0 saturated heterocycles. The molecule has 0 radical (unpaired) electrons. The summed E-state index contributed by atoms with van der Waals surface area (Å²) in [6.45, 7) is 44.2. The summed E-state index contributed by atoms with van der Waals surface area (Å²) in [7, 11) is 14.5. The zero-order valence-electron chi connectivity index (χ0n) is 64.2. The molecule has 12 rings (SSSR count). The summed E-state index contributed by atoms with van der Waals surface area (Å²) in [6.07, 6.45) is 31.2. The second kappa shape index (κ2) is 36.0. The third-order valence-electron chi connectivity index (χ3n) is 20.9. The summed E-state index contributed by atoms with van der Waals surface area (Å²) >= 11 is 0. The fraction of sp³-hybridized carbons (Fsp3) is 0.688. The molecule has 518 valence electrons. The van der Waals surface area contributed by atoms with Crippen molar-refractivity contribution in [2.45, 2.75) is 303 Å². The van der Waals surface area contributed by atoms with Gasteiger partial charge in [-0.1, -0.05) is 91.9 Å². The van der Waals surface area contributed by atoms with Gasteiger partial charge in [-0.2, -0.15) is 0 Å². The van der Waals surface area contributed by atoms with Crippen molar-refractivity contribution in [2.75, 3.05) is 0 Å². The summed E-state index contributed by atoms with van der Waals surface area (Å²) < 4.78 is 17.2. The fourth-order valence-corrected chi connectivity index (χ4v) is 13.7. The normalized spacial score (nSPS) is 15.3. The second-order valence-electron chi connectivity index (χ2n) is 28.7. The standard InChI is InChI=1S/C12H20N2.2C11H18N2.C10H16N2.2C9H16N2.C8H14N2.C7H12N2/c1-9-12(13-10(2)14(9)3)11-7-5-4-6-8-11;1-8-11(10-6-4-5-7-10)12-9(2)13(8)3;1-9-12-11(8-13(9)2)10-6-4-3-5-7-10;1-8-11-10(7-12(8)2)9-5-3-4-6-9;2*1-6(2)9-7(3)11(5)8(4)10-9;1-6(2)10-5-7(3)9-8(10)4;1-5-6(2)9(4)7(3)8-5/h11H,4-8H2,1-3H3;10H,4-7H2,1-3H3;8,10H,3-7H2,1-2H3;7,9H,3-6H2,1-2H3;2*6H,1-5H3;5-6H,1-4H3;1-4H3. The maximum atomic E-state index is 4.70. The quantitative estimate of drug-likeness (QED) is 0.153. The van der Waals surface area contributed by atoms with Gasteiger partial charge in [0.2, 0.25) is 0 Å². The highest BCUT2D eigenvalue weighted by Crippen LogP contribution is 2.37. The molecule has 0 aliphatic heterocycles. The Kier molecular flexibility index (Phi) is 29.9. The fourth-order valence-electron chi connectivity index (χ4n) is 13.7. The van der Waals surface area contributed by atoms with E-state index in [1.807, 2.05) is 48.6 Å². The molecule has 8 aromatic heterocycles. The zero-order valence-corrected chi connectivity index (χ0v) is 64.2. The van der Waals surface area contributed by atoms with Crippen LogP contribution in [0.1, 0.15) is 319 Å². The third kappa shape index (κ3) is 21.3. The number of nitrogens with zero attached hydrogens (tertiary/aromatic N) is 16. The van der Waals surface area contributed by atoms with Crippen molar-refractivity contribution < 1.29 is 0 Å². The Labute approximate surface area is 564 Å². The molecule has 4 saturated carbocycles. The maximum Gasteiger partial charge on any atom is 0.106 e. The van der Waals surface area contributed by atoms with E-state index in [-0.39, 0.29) is 0 Å². The van der Waals surface area contributed by atoms with Crippen molar-refractivity contribution in [3.8, 4) is 0 Å². The van der Waals surface area contributed by atoms with Crippen LogP contribution in [0, 0.1) is 104 Å². The van der Waals surface area contributed by atoms with Crippen LogP contribution >= 0.6 is 0 Å². The van der Waals surface area contributed by atoms with Crippen molar-refractivity contribution in [3.05, 3.63) is 139 Å². The first-order valence-electron chi connectivity index (χ1n) is 35.7. The van der Waals surface area contributed by atoms with Gasteiger partial charge >= 0.3 is 0 Å². The minimum atomic E-state index is 0.529. The highest BCUT2D eigenvalue weighted by Gasteiger charge is 2.24. The molecule has 0 unspecified atom stereocenters. The van der Waals surface area contributed by atoms with Gasteiger partial charge in [0.05, 0.1) is 45.6 Å². The molecular weight excluding hydrogens is 1150 g/mol. The van der Waals surface area contributed by atoms with Crippen molar-refractivity contribution >= 4 is 0 Å². The summed E-state index contributed by atoms with van der Waals surface area (Å²) in [5.41, 5.74) is 16.6. The average Bonchev–Trinajstić information content (AvgIpc) is 1.86. The van der Waals surface area contributed by atoms with Crippen LogP contribution in [0.2, 0.25) is 0 Å². The molecule has 16 nitrogen and oxygen atoms in total. The van der Waals surface area contributed by atoms with Crippen molar-refractivity contribution in [1.29, 1.82) is 0 Å². The third-order valence-corrected chi connectivity index (χ3v) is 20.9. The van der Waals surface area contributed by atoms with Gasteiger partial charge in [-0.3, -0.25) is 0 Å². The van der Waals surface area contributed by atoms with E-state index in [4.69, 9.17) is 4.98 Å². The van der Waals surface area contributed by atoms with Gasteiger partial charge in [0, 0.05) is 126 Å². The molecule has 0 atom stereocenters. The van der Waals surface area contributed by atoms with E-state index in [9.17, 15) is 0 Å². The molecule has 4 aliphatic rings. The van der Waals surface area contributed by atoms with Crippen LogP contribution in [-0.2, 0) is 49.3 Å². The molecule has 93 heavy (non-hydrogen) atoms. The number of aryl methyl sites for hydroxylation is 12. The lowest BCUT2D eigenvalue weighted by molar-refractivity contribution is 0.436. The Morgan fingerprint density at radius 3 is 0.796 bits per heavy atom. The first kappa shape index (κ1) is 77.4. The highest BCUT2D eigenvalue weighted by molar-refractivity contribution is 5.22. The number of aromatic nitrogens is 16. The van der Waals surface area contributed by atoms with Gasteiger partial charge in [0.15, 0.2) is 0 Å². The van der Waals surface area contributed by atoms with Crippen molar-refractivity contribution in [1.82, 2.24) is 76.4 Å². The molecule has 0 amide bonds. The predicted octanol–water partition coefficient (Wildman–Crippen LogP) is 18.7. The molecule has 0 aromatic carbocycles. The average molecular weight is 1280 g/mol. The summed E-state index contributed by atoms with van der Waals surface area (Å²) in [6, 6.07) is 0.529. The summed E-state index contributed by atoms with van der Waals surface area (Å²) in [5.74, 6) is 13.0. The summed E-state index contributed by atoms with van der Waals surface area (Å²) in [5, 5.41) is 0. The number of hydrogen-bond donors (Lipinski definition) is 0. The van der Waals surface area contributed by atoms with E-state index in [0.29, 0.717) is 17.9 Å². The van der Waals surface area contributed by atoms with Crippen LogP contribution in [0.5, 0.6) is 0 Å². The molecule has 16 heteroatoms. The van der Waals surface area contributed by atoms with Crippen LogP contribution in [0.3, 0.4) is 0 Å². The molecular formula is C77H130N16. The lowest BCUT2D eigenvalue weighted by Crippen LogP contribution is -2.06. The van der Waals surface area contributed by atoms with Gasteiger partial charge in [-0.25, -0.2) is 39.9 Å². The molecule has 0 N–H and O–H groups in total. The van der Waals surface area contributed by atoms with Crippen LogP contribution in [0.25, 0.3) is 0 Å². The number of imidazole rings is 8. The first-order chi connectivity index (χ1) is 43.7. The van der Waals surface area contributed by atoms with Crippen molar-refractivity contribution in [3.63, 3.8) is 0 Å². The van der Waals surface area contributed by atoms with Crippen LogP contribution in [-0.4, -0.2) is 76.4 Å². The van der Waals surface area contributed by atoms with Crippen LogP contribution in [0.15, 0.2) is 18.6 Å². The van der Waals surface area contributed by atoms with E-state index in [1.54, 1.807) is 0 Å². The minimum Gasteiger partial charge on any atom is -0.338 e. The Morgan fingerprint density at radius 1 is 0.301 bits per heavy atom. The SMILES string of the molecule is Cc1cn(C(C)C)c(C)n1.Cc1nc(C(C)C)c(C)n1C.Cc1nc(C(C)C)c(C)n1C.Cc1nc(C)n(C)c1C.Cc1nc(C2CCCC2)c(C)n1C.Cc1nc(C2CCCC2)cn1C.Cc1nc(C2CCCCC2)c(C)n1C.Cc1nc(C2CCCCC2)cn1C. The molecule has 4 aliphatic carbocycles. The maximum absolute atomic E-state index is 4.70. The van der Waals surface area contributed by atoms with E-state index in [0.717, 1.165) is 81.7 Å². The lowest BCUT2D eigenvalue weighted by Gasteiger charge is -2.20. The zero-order chi connectivity index (χ0) is 69.3. The van der Waals surface area contributed by atoms with Gasteiger partial charge in [-0.15, -0.1) is 0 Å². The summed E-state index contributed by atoms with van der Waals surface area (Å²) in [4.78, 5) is 36.0. The monoisotopic (exact) mass is 1280 g/mol. The molecule has 8 heterocycles. The molecule has 8 aromatic rings. The van der Waals surface area contributed by atoms with E-state index < -0.39 is 0 Å². The molecule has 4 fully saturated rings. The van der Waals surface area contributed by atoms with Gasteiger partial charge in [-0.05, 0) is 181 Å². The Morgan fingerprint density at radius 2 is 0.602 bits per heavy atom. The first-order valence-corrected chi connectivity index (χ1v) is 35.7. The smallest absolute Gasteiger partial charge is 0.106 e. The molecule has 0 bridgehead atoms. The van der Waals surface area contributed by atoms with Gasteiger partial charge < -0.3 is 36.5 Å². The number of hydrogen-bond acceptors (Lipinski definition) is 8. The van der Waals surface area contributed by atoms with Crippen molar-refractivity contribution in [2.24, 2.45) is 49.3 Å². The highest BCUT2D eigenvalue weighted by atomic mass is 15.1.